The molecule has 6 nitrogen and oxygen atoms in total. The molecule has 6 heteroatoms. The van der Waals surface area contributed by atoms with E-state index in [1.807, 2.05) is 31.2 Å². The van der Waals surface area contributed by atoms with Crippen LogP contribution in [0.2, 0.25) is 0 Å². The van der Waals surface area contributed by atoms with E-state index >= 15 is 0 Å². The molecule has 132 valence electrons. The van der Waals surface area contributed by atoms with Crippen molar-refractivity contribution >= 4 is 17.6 Å². The van der Waals surface area contributed by atoms with E-state index in [4.69, 9.17) is 10.5 Å². The summed E-state index contributed by atoms with van der Waals surface area (Å²) in [6.45, 7) is 4.66. The first kappa shape index (κ1) is 18.3. The largest absolute Gasteiger partial charge is 0.382 e. The molecule has 0 radical (unpaired) electrons. The van der Waals surface area contributed by atoms with Gasteiger partial charge in [-0.3, -0.25) is 4.79 Å². The van der Waals surface area contributed by atoms with Crippen LogP contribution in [0, 0.1) is 5.92 Å². The van der Waals surface area contributed by atoms with Gasteiger partial charge in [-0.25, -0.2) is 4.99 Å². The number of anilines is 1. The zero-order chi connectivity index (χ0) is 17.2. The van der Waals surface area contributed by atoms with Crippen LogP contribution in [0.5, 0.6) is 0 Å². The van der Waals surface area contributed by atoms with Gasteiger partial charge in [-0.2, -0.15) is 0 Å². The summed E-state index contributed by atoms with van der Waals surface area (Å²) in [5.74, 6) is 0.732. The highest BCUT2D eigenvalue weighted by molar-refractivity contribution is 5.93. The standard InChI is InChI=1S/C18H28N4O2/c1-2-24-11-5-10-20-18(19)21-13-14-6-3-9-16(12-14)22-17(23)15-7-4-8-15/h3,6,9,12,15H,2,4-5,7-8,10-11,13H2,1H3,(H,22,23)(H3,19,20,21). The van der Waals surface area contributed by atoms with Crippen molar-refractivity contribution in [3.05, 3.63) is 29.8 Å². The van der Waals surface area contributed by atoms with Crippen molar-refractivity contribution < 1.29 is 9.53 Å². The summed E-state index contributed by atoms with van der Waals surface area (Å²) in [5.41, 5.74) is 7.69. The van der Waals surface area contributed by atoms with Gasteiger partial charge in [0.05, 0.1) is 6.54 Å². The highest BCUT2D eigenvalue weighted by atomic mass is 16.5. The van der Waals surface area contributed by atoms with Crippen LogP contribution >= 0.6 is 0 Å². The molecule has 0 heterocycles. The van der Waals surface area contributed by atoms with Crippen LogP contribution in [-0.4, -0.2) is 31.6 Å². The molecular weight excluding hydrogens is 304 g/mol. The lowest BCUT2D eigenvalue weighted by Gasteiger charge is -2.24. The summed E-state index contributed by atoms with van der Waals surface area (Å²) in [6.07, 6.45) is 4.05. The average Bonchev–Trinajstić information content (AvgIpc) is 2.51. The van der Waals surface area contributed by atoms with E-state index in [0.29, 0.717) is 12.5 Å². The molecule has 1 amide bonds. The molecule has 0 aliphatic heterocycles. The molecule has 1 fully saturated rings. The Morgan fingerprint density at radius 3 is 2.96 bits per heavy atom. The molecule has 2 rings (SSSR count). The molecule has 1 saturated carbocycles. The second kappa shape index (κ2) is 9.93. The van der Waals surface area contributed by atoms with Gasteiger partial charge in [-0.1, -0.05) is 18.6 Å². The number of nitrogens with one attached hydrogen (secondary N) is 2. The number of rotatable bonds is 9. The predicted molar refractivity (Wildman–Crippen MR) is 96.9 cm³/mol. The zero-order valence-electron chi connectivity index (χ0n) is 14.4. The Morgan fingerprint density at radius 2 is 2.25 bits per heavy atom. The van der Waals surface area contributed by atoms with Crippen LogP contribution in [0.25, 0.3) is 0 Å². The van der Waals surface area contributed by atoms with E-state index in [1.54, 1.807) is 0 Å². The Hall–Kier alpha value is -2.08. The molecule has 1 aliphatic carbocycles. The first-order chi connectivity index (χ1) is 11.7. The van der Waals surface area contributed by atoms with Crippen LogP contribution in [-0.2, 0) is 16.1 Å². The molecule has 0 bridgehead atoms. The van der Waals surface area contributed by atoms with E-state index in [2.05, 4.69) is 15.6 Å². The topological polar surface area (TPSA) is 88.7 Å². The first-order valence-corrected chi connectivity index (χ1v) is 8.70. The third-order valence-corrected chi connectivity index (χ3v) is 4.08. The van der Waals surface area contributed by atoms with Gasteiger partial charge in [0.1, 0.15) is 0 Å². The summed E-state index contributed by atoms with van der Waals surface area (Å²) < 4.78 is 5.26. The van der Waals surface area contributed by atoms with Crippen molar-refractivity contribution in [2.24, 2.45) is 16.6 Å². The highest BCUT2D eigenvalue weighted by Crippen LogP contribution is 2.27. The fourth-order valence-corrected chi connectivity index (χ4v) is 2.43. The van der Waals surface area contributed by atoms with Gasteiger partial charge in [-0.05, 0) is 43.9 Å². The number of benzene rings is 1. The third kappa shape index (κ3) is 6.20. The number of nitrogens with zero attached hydrogens (tertiary/aromatic N) is 1. The maximum absolute atomic E-state index is 12.0. The molecule has 1 aliphatic rings. The van der Waals surface area contributed by atoms with Crippen LogP contribution < -0.4 is 16.4 Å². The van der Waals surface area contributed by atoms with E-state index < -0.39 is 0 Å². The highest BCUT2D eigenvalue weighted by Gasteiger charge is 2.25. The zero-order valence-corrected chi connectivity index (χ0v) is 14.4. The van der Waals surface area contributed by atoms with E-state index in [9.17, 15) is 4.79 Å². The van der Waals surface area contributed by atoms with Crippen molar-refractivity contribution in [3.8, 4) is 0 Å². The van der Waals surface area contributed by atoms with Gasteiger partial charge in [0.15, 0.2) is 5.96 Å². The Labute approximate surface area is 143 Å². The third-order valence-electron chi connectivity index (χ3n) is 4.08. The van der Waals surface area contributed by atoms with Crippen LogP contribution in [0.3, 0.4) is 0 Å². The Balaban J connectivity index is 1.76. The fraction of sp³-hybridized carbons (Fsp3) is 0.556. The smallest absolute Gasteiger partial charge is 0.227 e. The second-order valence-electron chi connectivity index (χ2n) is 6.00. The molecule has 0 aromatic heterocycles. The number of hydrogen-bond donors (Lipinski definition) is 3. The molecule has 0 atom stereocenters. The Morgan fingerprint density at radius 1 is 1.42 bits per heavy atom. The lowest BCUT2D eigenvalue weighted by molar-refractivity contribution is -0.122. The van der Waals surface area contributed by atoms with Crippen molar-refractivity contribution in [2.45, 2.75) is 39.2 Å². The van der Waals surface area contributed by atoms with Crippen molar-refractivity contribution in [3.63, 3.8) is 0 Å². The SMILES string of the molecule is CCOCCCNC(N)=NCc1cccc(NC(=O)C2CCC2)c1. The molecule has 1 aromatic carbocycles. The molecule has 24 heavy (non-hydrogen) atoms. The lowest BCUT2D eigenvalue weighted by Crippen LogP contribution is -2.32. The second-order valence-corrected chi connectivity index (χ2v) is 6.00. The number of amides is 1. The average molecular weight is 332 g/mol. The van der Waals surface area contributed by atoms with Gasteiger partial charge in [0, 0.05) is 31.4 Å². The monoisotopic (exact) mass is 332 g/mol. The van der Waals surface area contributed by atoms with Crippen LogP contribution in [0.1, 0.15) is 38.2 Å². The Kier molecular flexibility index (Phi) is 7.55. The van der Waals surface area contributed by atoms with Gasteiger partial charge in [0.25, 0.3) is 0 Å². The minimum Gasteiger partial charge on any atom is -0.382 e. The van der Waals surface area contributed by atoms with E-state index in [1.165, 1.54) is 0 Å². The summed E-state index contributed by atoms with van der Waals surface area (Å²) in [4.78, 5) is 16.3. The molecule has 4 N–H and O–H groups in total. The summed E-state index contributed by atoms with van der Waals surface area (Å²) >= 11 is 0. The number of nitrogens with two attached hydrogens (primary N) is 1. The van der Waals surface area contributed by atoms with Gasteiger partial charge in [0.2, 0.25) is 5.91 Å². The minimum atomic E-state index is 0.123. The molecule has 0 saturated heterocycles. The molecule has 1 aromatic rings. The molecular formula is C18H28N4O2. The van der Waals surface area contributed by atoms with E-state index in [0.717, 1.165) is 56.7 Å². The van der Waals surface area contributed by atoms with Gasteiger partial charge < -0.3 is 21.1 Å². The normalized spacial score (nSPS) is 15.0. The molecule has 0 unspecified atom stereocenters. The fourth-order valence-electron chi connectivity index (χ4n) is 2.43. The first-order valence-electron chi connectivity index (χ1n) is 8.70. The lowest BCUT2D eigenvalue weighted by atomic mass is 9.85. The van der Waals surface area contributed by atoms with Crippen LogP contribution in [0.4, 0.5) is 5.69 Å². The number of carbonyl (C=O) groups excluding carboxylic acids is 1. The minimum absolute atomic E-state index is 0.123. The number of ether oxygens (including phenoxy) is 1. The number of carbonyl (C=O) groups is 1. The quantitative estimate of drug-likeness (QED) is 0.368. The van der Waals surface area contributed by atoms with Crippen molar-refractivity contribution in [2.75, 3.05) is 25.1 Å². The number of aliphatic imine (C=N–C) groups is 1. The number of hydrogen-bond acceptors (Lipinski definition) is 3. The number of guanidine groups is 1. The van der Waals surface area contributed by atoms with E-state index in [-0.39, 0.29) is 11.8 Å². The van der Waals surface area contributed by atoms with Gasteiger partial charge in [-0.15, -0.1) is 0 Å². The predicted octanol–water partition coefficient (Wildman–Crippen LogP) is 2.26. The molecule has 0 spiro atoms. The summed E-state index contributed by atoms with van der Waals surface area (Å²) in [6, 6.07) is 7.75. The summed E-state index contributed by atoms with van der Waals surface area (Å²) in [7, 11) is 0. The maximum atomic E-state index is 12.0. The van der Waals surface area contributed by atoms with Crippen LogP contribution in [0.15, 0.2) is 29.3 Å². The Bertz CT molecular complexity index is 556. The maximum Gasteiger partial charge on any atom is 0.227 e. The van der Waals surface area contributed by atoms with Gasteiger partial charge >= 0.3 is 0 Å². The van der Waals surface area contributed by atoms with Crippen molar-refractivity contribution in [1.82, 2.24) is 5.32 Å². The van der Waals surface area contributed by atoms with Crippen molar-refractivity contribution in [1.29, 1.82) is 0 Å². The summed E-state index contributed by atoms with van der Waals surface area (Å²) in [5, 5.41) is 6.04.